The van der Waals surface area contributed by atoms with E-state index in [9.17, 15) is 4.79 Å². The molecule has 6 heteroatoms. The van der Waals surface area contributed by atoms with E-state index in [0.29, 0.717) is 12.1 Å². The van der Waals surface area contributed by atoms with Crippen molar-refractivity contribution in [3.05, 3.63) is 30.7 Å². The Bertz CT molecular complexity index is 570. The highest BCUT2D eigenvalue weighted by atomic mass is 32.2. The number of rotatable bonds is 5. The molecule has 2 rings (SSSR count). The van der Waals surface area contributed by atoms with Crippen LogP contribution >= 0.6 is 11.8 Å². The summed E-state index contributed by atoms with van der Waals surface area (Å²) in [7, 11) is 0. The lowest BCUT2D eigenvalue weighted by atomic mass is 10.2. The van der Waals surface area contributed by atoms with Gasteiger partial charge in [0.1, 0.15) is 0 Å². The fourth-order valence-electron chi connectivity index (χ4n) is 1.70. The van der Waals surface area contributed by atoms with Crippen LogP contribution in [0, 0.1) is 0 Å². The van der Waals surface area contributed by atoms with Gasteiger partial charge in [-0.15, -0.1) is 0 Å². The zero-order valence-corrected chi connectivity index (χ0v) is 11.5. The molecular formula is C13H16N4OS. The fraction of sp³-hybridized carbons (Fsp3) is 0.308. The third-order valence-electron chi connectivity index (χ3n) is 2.77. The summed E-state index contributed by atoms with van der Waals surface area (Å²) >= 11 is 1.68. The molecule has 5 nitrogen and oxygen atoms in total. The number of hydrogen-bond acceptors (Lipinski definition) is 5. The second-order valence-corrected chi connectivity index (χ2v) is 5.11. The van der Waals surface area contributed by atoms with Crippen LogP contribution in [0.2, 0.25) is 0 Å². The average Bonchev–Trinajstić information content (AvgIpc) is 2.45. The molecule has 0 spiro atoms. The molecule has 0 saturated heterocycles. The number of nitrogens with zero attached hydrogens (tertiary/aromatic N) is 2. The largest absolute Gasteiger partial charge is 0.324 e. The van der Waals surface area contributed by atoms with Crippen molar-refractivity contribution in [3.8, 4) is 0 Å². The molecule has 0 aliphatic carbocycles. The van der Waals surface area contributed by atoms with Crippen molar-refractivity contribution < 1.29 is 4.79 Å². The van der Waals surface area contributed by atoms with Gasteiger partial charge in [0.25, 0.3) is 0 Å². The number of nitrogens with one attached hydrogen (secondary N) is 1. The van der Waals surface area contributed by atoms with Gasteiger partial charge in [0.2, 0.25) is 5.91 Å². The second kappa shape index (κ2) is 6.49. The smallest absolute Gasteiger partial charge is 0.241 e. The van der Waals surface area contributed by atoms with Crippen molar-refractivity contribution in [3.63, 3.8) is 0 Å². The number of amides is 1. The van der Waals surface area contributed by atoms with Crippen LogP contribution in [0.1, 0.15) is 6.42 Å². The van der Waals surface area contributed by atoms with Gasteiger partial charge in [-0.05, 0) is 30.6 Å². The van der Waals surface area contributed by atoms with Crippen molar-refractivity contribution in [2.75, 3.05) is 17.3 Å². The first-order chi connectivity index (χ1) is 9.22. The van der Waals surface area contributed by atoms with Crippen LogP contribution in [-0.2, 0) is 4.79 Å². The van der Waals surface area contributed by atoms with E-state index in [1.165, 1.54) is 0 Å². The number of nitrogens with two attached hydrogens (primary N) is 1. The van der Waals surface area contributed by atoms with E-state index in [0.717, 1.165) is 16.7 Å². The normalized spacial score (nSPS) is 12.3. The first-order valence-electron chi connectivity index (χ1n) is 5.96. The van der Waals surface area contributed by atoms with E-state index in [1.54, 1.807) is 42.5 Å². The van der Waals surface area contributed by atoms with Gasteiger partial charge in [0, 0.05) is 24.0 Å². The molecule has 0 radical (unpaired) electrons. The molecule has 0 unspecified atom stereocenters. The first-order valence-corrected chi connectivity index (χ1v) is 7.36. The molecule has 19 heavy (non-hydrogen) atoms. The fourth-order valence-corrected chi connectivity index (χ4v) is 2.19. The lowest BCUT2D eigenvalue weighted by molar-refractivity contribution is -0.117. The van der Waals surface area contributed by atoms with E-state index >= 15 is 0 Å². The van der Waals surface area contributed by atoms with E-state index < -0.39 is 6.04 Å². The monoisotopic (exact) mass is 276 g/mol. The van der Waals surface area contributed by atoms with Gasteiger partial charge in [-0.25, -0.2) is 0 Å². The van der Waals surface area contributed by atoms with E-state index in [1.807, 2.05) is 6.26 Å². The maximum atomic E-state index is 12.0. The highest BCUT2D eigenvalue weighted by Crippen LogP contribution is 2.20. The van der Waals surface area contributed by atoms with Crippen LogP contribution < -0.4 is 11.1 Å². The minimum atomic E-state index is -0.493. The number of aromatic nitrogens is 2. The Labute approximate surface area is 116 Å². The maximum Gasteiger partial charge on any atom is 0.241 e. The number of carbonyl (C=O) groups excluding carboxylic acids is 1. The highest BCUT2D eigenvalue weighted by Gasteiger charge is 2.14. The summed E-state index contributed by atoms with van der Waals surface area (Å²) in [6.45, 7) is 0. The number of anilines is 1. The second-order valence-electron chi connectivity index (χ2n) is 4.13. The Balaban J connectivity index is 2.15. The Morgan fingerprint density at radius 1 is 1.47 bits per heavy atom. The molecule has 3 N–H and O–H groups in total. The van der Waals surface area contributed by atoms with Gasteiger partial charge in [-0.2, -0.15) is 11.8 Å². The third-order valence-corrected chi connectivity index (χ3v) is 3.41. The van der Waals surface area contributed by atoms with Crippen LogP contribution in [0.15, 0.2) is 30.7 Å². The predicted molar refractivity (Wildman–Crippen MR) is 79.1 cm³/mol. The molecule has 0 aliphatic rings. The minimum absolute atomic E-state index is 0.176. The number of hydrogen-bond donors (Lipinski definition) is 2. The molecule has 0 aromatic carbocycles. The molecule has 0 fully saturated rings. The first kappa shape index (κ1) is 13.8. The summed E-state index contributed by atoms with van der Waals surface area (Å²) in [6, 6.07) is 3.06. The molecule has 2 heterocycles. The van der Waals surface area contributed by atoms with Gasteiger partial charge in [-0.3, -0.25) is 14.8 Å². The standard InChI is InChI=1S/C13H16N4OS/c1-19-7-4-10(14)13(18)17-12-3-6-16-11-2-5-15-8-9(11)12/h2-3,5-6,8,10H,4,7,14H2,1H3,(H,16,17,18)/t10-/m0/s1. The predicted octanol–water partition coefficient (Wildman–Crippen LogP) is 1.65. The molecule has 1 amide bonds. The lowest BCUT2D eigenvalue weighted by Gasteiger charge is -2.12. The Morgan fingerprint density at radius 2 is 2.32 bits per heavy atom. The molecule has 1 atom stereocenters. The van der Waals surface area contributed by atoms with Crippen molar-refractivity contribution >= 4 is 34.3 Å². The van der Waals surface area contributed by atoms with Crippen LogP contribution in [0.3, 0.4) is 0 Å². The van der Waals surface area contributed by atoms with Crippen LogP contribution in [0.4, 0.5) is 5.69 Å². The summed E-state index contributed by atoms with van der Waals surface area (Å²) in [6.07, 6.45) is 7.67. The molecule has 0 bridgehead atoms. The zero-order chi connectivity index (χ0) is 13.7. The summed E-state index contributed by atoms with van der Waals surface area (Å²) < 4.78 is 0. The number of pyridine rings is 2. The number of thioether (sulfide) groups is 1. The van der Waals surface area contributed by atoms with Crippen molar-refractivity contribution in [2.45, 2.75) is 12.5 Å². The van der Waals surface area contributed by atoms with Gasteiger partial charge in [-0.1, -0.05) is 0 Å². The SMILES string of the molecule is CSCC[C@H](N)C(=O)Nc1ccnc2ccncc12. The van der Waals surface area contributed by atoms with Crippen LogP contribution in [0.5, 0.6) is 0 Å². The van der Waals surface area contributed by atoms with E-state index in [2.05, 4.69) is 15.3 Å². The molecule has 2 aromatic heterocycles. The molecule has 0 saturated carbocycles. The van der Waals surface area contributed by atoms with Gasteiger partial charge in [0.05, 0.1) is 17.2 Å². The van der Waals surface area contributed by atoms with Gasteiger partial charge >= 0.3 is 0 Å². The molecular weight excluding hydrogens is 260 g/mol. The Kier molecular flexibility index (Phi) is 4.70. The van der Waals surface area contributed by atoms with Crippen molar-refractivity contribution in [1.82, 2.24) is 9.97 Å². The molecule has 100 valence electrons. The molecule has 2 aromatic rings. The maximum absolute atomic E-state index is 12.0. The van der Waals surface area contributed by atoms with E-state index in [-0.39, 0.29) is 5.91 Å². The topological polar surface area (TPSA) is 80.9 Å². The number of fused-ring (bicyclic) bond motifs is 1. The lowest BCUT2D eigenvalue weighted by Crippen LogP contribution is -2.36. The molecule has 0 aliphatic heterocycles. The minimum Gasteiger partial charge on any atom is -0.324 e. The zero-order valence-electron chi connectivity index (χ0n) is 10.7. The summed E-state index contributed by atoms with van der Waals surface area (Å²) in [5, 5.41) is 3.66. The van der Waals surface area contributed by atoms with E-state index in [4.69, 9.17) is 5.73 Å². The average molecular weight is 276 g/mol. The summed E-state index contributed by atoms with van der Waals surface area (Å²) in [4.78, 5) is 20.2. The highest BCUT2D eigenvalue weighted by molar-refractivity contribution is 7.98. The number of carbonyl (C=O) groups is 1. The van der Waals surface area contributed by atoms with Crippen LogP contribution in [0.25, 0.3) is 10.9 Å². The quantitative estimate of drug-likeness (QED) is 0.868. The van der Waals surface area contributed by atoms with Crippen molar-refractivity contribution in [1.29, 1.82) is 0 Å². The van der Waals surface area contributed by atoms with Gasteiger partial charge < -0.3 is 11.1 Å². The third kappa shape index (κ3) is 3.42. The summed E-state index contributed by atoms with van der Waals surface area (Å²) in [5.74, 6) is 0.693. The Hall–Kier alpha value is -1.66. The Morgan fingerprint density at radius 3 is 3.11 bits per heavy atom. The summed E-state index contributed by atoms with van der Waals surface area (Å²) in [5.41, 5.74) is 7.33. The van der Waals surface area contributed by atoms with Crippen molar-refractivity contribution in [2.24, 2.45) is 5.73 Å². The van der Waals surface area contributed by atoms with Crippen LogP contribution in [-0.4, -0.2) is 33.9 Å². The van der Waals surface area contributed by atoms with Gasteiger partial charge in [0.15, 0.2) is 0 Å².